The Kier molecular flexibility index (Phi) is 5.11. The van der Waals surface area contributed by atoms with Gasteiger partial charge in [0.15, 0.2) is 0 Å². The fourth-order valence-corrected chi connectivity index (χ4v) is 3.48. The number of amides is 1. The average Bonchev–Trinajstić information content (AvgIpc) is 2.65. The van der Waals surface area contributed by atoms with Crippen LogP contribution in [-0.2, 0) is 4.79 Å². The Balaban J connectivity index is 1.92. The lowest BCUT2D eigenvalue weighted by Gasteiger charge is -2.40. The topological polar surface area (TPSA) is 56.1 Å². The molecule has 0 bridgehead atoms. The summed E-state index contributed by atoms with van der Waals surface area (Å²) in [5.74, 6) is -0.403. The molecule has 0 aliphatic carbocycles. The van der Waals surface area contributed by atoms with Crippen LogP contribution < -0.4 is 10.2 Å². The second-order valence-electron chi connectivity index (χ2n) is 7.76. The number of nitriles is 1. The van der Waals surface area contributed by atoms with Crippen molar-refractivity contribution in [3.8, 4) is 6.07 Å². The van der Waals surface area contributed by atoms with Gasteiger partial charge in [0, 0.05) is 24.0 Å². The number of anilines is 2. The van der Waals surface area contributed by atoms with E-state index in [0.29, 0.717) is 5.69 Å². The van der Waals surface area contributed by atoms with Gasteiger partial charge in [0.05, 0.1) is 5.54 Å². The van der Waals surface area contributed by atoms with Crippen LogP contribution in [0.3, 0.4) is 0 Å². The van der Waals surface area contributed by atoms with E-state index in [4.69, 9.17) is 0 Å². The quantitative estimate of drug-likeness (QED) is 0.598. The summed E-state index contributed by atoms with van der Waals surface area (Å²) in [5.41, 5.74) is 5.97. The van der Waals surface area contributed by atoms with Gasteiger partial charge in [-0.1, -0.05) is 30.3 Å². The zero-order valence-corrected chi connectivity index (χ0v) is 17.0. The minimum atomic E-state index is -0.403. The highest BCUT2D eigenvalue weighted by Gasteiger charge is 2.28. The Morgan fingerprint density at radius 1 is 1.18 bits per heavy atom. The van der Waals surface area contributed by atoms with Crippen LogP contribution in [0.25, 0.3) is 11.6 Å². The molecular formula is C24H25N3O. The predicted molar refractivity (Wildman–Crippen MR) is 116 cm³/mol. The van der Waals surface area contributed by atoms with Crippen LogP contribution in [0.2, 0.25) is 0 Å². The lowest BCUT2D eigenvalue weighted by Crippen LogP contribution is -2.42. The molecule has 0 aromatic heterocycles. The summed E-state index contributed by atoms with van der Waals surface area (Å²) in [5, 5.41) is 12.3. The zero-order valence-electron chi connectivity index (χ0n) is 17.0. The molecule has 4 heteroatoms. The van der Waals surface area contributed by atoms with Gasteiger partial charge in [0.1, 0.15) is 11.6 Å². The second kappa shape index (κ2) is 7.36. The number of carbonyl (C=O) groups is 1. The van der Waals surface area contributed by atoms with Gasteiger partial charge in [-0.3, -0.25) is 4.79 Å². The molecule has 0 radical (unpaired) electrons. The molecule has 3 rings (SSSR count). The van der Waals surface area contributed by atoms with Crippen molar-refractivity contribution in [3.63, 3.8) is 0 Å². The van der Waals surface area contributed by atoms with Crippen molar-refractivity contribution in [1.82, 2.24) is 0 Å². The number of carbonyl (C=O) groups excluding carboxylic acids is 1. The van der Waals surface area contributed by atoms with E-state index >= 15 is 0 Å². The molecule has 4 nitrogen and oxygen atoms in total. The minimum Gasteiger partial charge on any atom is -0.366 e. The number of hydrogen-bond donors (Lipinski definition) is 1. The number of para-hydroxylation sites is 1. The highest BCUT2D eigenvalue weighted by atomic mass is 16.1. The molecule has 1 N–H and O–H groups in total. The van der Waals surface area contributed by atoms with E-state index in [-0.39, 0.29) is 11.1 Å². The van der Waals surface area contributed by atoms with Gasteiger partial charge in [-0.25, -0.2) is 0 Å². The third-order valence-corrected chi connectivity index (χ3v) is 5.31. The molecule has 1 aliphatic rings. The van der Waals surface area contributed by atoms with Gasteiger partial charge < -0.3 is 10.2 Å². The minimum absolute atomic E-state index is 0.0559. The van der Waals surface area contributed by atoms with Crippen molar-refractivity contribution < 1.29 is 4.79 Å². The Bertz CT molecular complexity index is 1040. The smallest absolute Gasteiger partial charge is 0.266 e. The lowest BCUT2D eigenvalue weighted by atomic mass is 9.88. The molecule has 142 valence electrons. The molecule has 0 fully saturated rings. The molecule has 0 saturated heterocycles. The van der Waals surface area contributed by atoms with Crippen LogP contribution in [-0.4, -0.2) is 18.5 Å². The molecular weight excluding hydrogens is 346 g/mol. The molecule has 2 aromatic carbocycles. The number of hydrogen-bond acceptors (Lipinski definition) is 3. The standard InChI is InChI=1S/C24H25N3O/c1-16-8-6-7-9-21(16)26-23(28)19(15-25)12-18-10-11-22-20(13-18)17(2)14-24(3,4)27(22)5/h6-14H,1-5H3,(H,26,28)/b19-12+. The number of allylic oxidation sites excluding steroid dienone is 1. The SMILES string of the molecule is CC1=CC(C)(C)N(C)c2ccc(/C=C(\C#N)C(=O)Nc3ccccc3C)cc21. The molecule has 1 amide bonds. The summed E-state index contributed by atoms with van der Waals surface area (Å²) in [4.78, 5) is 14.8. The van der Waals surface area contributed by atoms with Crippen LogP contribution in [0.5, 0.6) is 0 Å². The number of nitrogens with zero attached hydrogens (tertiary/aromatic N) is 2. The van der Waals surface area contributed by atoms with Crippen molar-refractivity contribution in [3.05, 3.63) is 70.8 Å². The largest absolute Gasteiger partial charge is 0.366 e. The van der Waals surface area contributed by atoms with Gasteiger partial charge in [0.2, 0.25) is 0 Å². The maximum absolute atomic E-state index is 12.6. The molecule has 1 aliphatic heterocycles. The normalized spacial score (nSPS) is 15.4. The van der Waals surface area contributed by atoms with Crippen LogP contribution in [0.1, 0.15) is 37.5 Å². The maximum atomic E-state index is 12.6. The fourth-order valence-electron chi connectivity index (χ4n) is 3.48. The lowest BCUT2D eigenvalue weighted by molar-refractivity contribution is -0.112. The summed E-state index contributed by atoms with van der Waals surface area (Å²) >= 11 is 0. The van der Waals surface area contributed by atoms with E-state index in [1.165, 1.54) is 5.57 Å². The highest BCUT2D eigenvalue weighted by molar-refractivity contribution is 6.10. The Hall–Kier alpha value is -3.32. The molecule has 0 atom stereocenters. The van der Waals surface area contributed by atoms with Gasteiger partial charge >= 0.3 is 0 Å². The average molecular weight is 371 g/mol. The summed E-state index contributed by atoms with van der Waals surface area (Å²) in [6, 6.07) is 15.6. The van der Waals surface area contributed by atoms with Crippen LogP contribution in [0.15, 0.2) is 54.1 Å². The summed E-state index contributed by atoms with van der Waals surface area (Å²) in [7, 11) is 2.08. The van der Waals surface area contributed by atoms with Gasteiger partial charge in [-0.05, 0) is 68.7 Å². The Morgan fingerprint density at radius 2 is 1.89 bits per heavy atom. The van der Waals surface area contributed by atoms with E-state index < -0.39 is 5.91 Å². The van der Waals surface area contributed by atoms with E-state index in [2.05, 4.69) is 44.1 Å². The van der Waals surface area contributed by atoms with E-state index in [1.54, 1.807) is 6.08 Å². The number of fused-ring (bicyclic) bond motifs is 1. The number of rotatable bonds is 3. The first kappa shape index (κ1) is 19.4. The van der Waals surface area contributed by atoms with Gasteiger partial charge in [-0.15, -0.1) is 0 Å². The molecule has 0 saturated carbocycles. The van der Waals surface area contributed by atoms with Crippen LogP contribution in [0.4, 0.5) is 11.4 Å². The summed E-state index contributed by atoms with van der Waals surface area (Å²) < 4.78 is 0. The van der Waals surface area contributed by atoms with Crippen molar-refractivity contribution in [2.45, 2.75) is 33.2 Å². The summed E-state index contributed by atoms with van der Waals surface area (Å²) in [6.45, 7) is 8.37. The van der Waals surface area contributed by atoms with Gasteiger partial charge in [-0.2, -0.15) is 5.26 Å². The highest BCUT2D eigenvalue weighted by Crippen LogP contribution is 2.38. The predicted octanol–water partition coefficient (Wildman–Crippen LogP) is 5.17. The van der Waals surface area contributed by atoms with Crippen molar-refractivity contribution >= 4 is 28.9 Å². The zero-order chi connectivity index (χ0) is 20.5. The van der Waals surface area contributed by atoms with E-state index in [9.17, 15) is 10.1 Å². The number of likely N-dealkylation sites (N-methyl/N-ethyl adjacent to an activating group) is 1. The van der Waals surface area contributed by atoms with Crippen molar-refractivity contribution in [2.24, 2.45) is 0 Å². The van der Waals surface area contributed by atoms with Gasteiger partial charge in [0.25, 0.3) is 5.91 Å². The Morgan fingerprint density at radius 3 is 2.57 bits per heavy atom. The van der Waals surface area contributed by atoms with Crippen molar-refractivity contribution in [2.75, 3.05) is 17.3 Å². The first-order chi connectivity index (χ1) is 13.2. The fraction of sp³-hybridized carbons (Fsp3) is 0.250. The van der Waals surface area contributed by atoms with Crippen LogP contribution >= 0.6 is 0 Å². The number of aryl methyl sites for hydroxylation is 1. The van der Waals surface area contributed by atoms with Crippen molar-refractivity contribution in [1.29, 1.82) is 5.26 Å². The molecule has 28 heavy (non-hydrogen) atoms. The Labute approximate surface area is 166 Å². The summed E-state index contributed by atoms with van der Waals surface area (Å²) in [6.07, 6.45) is 3.87. The molecule has 0 spiro atoms. The first-order valence-electron chi connectivity index (χ1n) is 9.29. The molecule has 1 heterocycles. The monoisotopic (exact) mass is 371 g/mol. The number of benzene rings is 2. The first-order valence-corrected chi connectivity index (χ1v) is 9.29. The van der Waals surface area contributed by atoms with E-state index in [1.807, 2.05) is 55.5 Å². The van der Waals surface area contributed by atoms with Crippen LogP contribution in [0, 0.1) is 18.3 Å². The third kappa shape index (κ3) is 3.70. The second-order valence-corrected chi connectivity index (χ2v) is 7.76. The molecule has 0 unspecified atom stereocenters. The number of nitrogens with one attached hydrogen (secondary N) is 1. The third-order valence-electron chi connectivity index (χ3n) is 5.31. The molecule has 2 aromatic rings. The van der Waals surface area contributed by atoms with E-state index in [0.717, 1.165) is 22.4 Å². The maximum Gasteiger partial charge on any atom is 0.266 e.